The zero-order valence-electron chi connectivity index (χ0n) is 14.7. The molecule has 1 unspecified atom stereocenters. The van der Waals surface area contributed by atoms with Gasteiger partial charge >= 0.3 is 11.9 Å². The third kappa shape index (κ3) is 4.13. The summed E-state index contributed by atoms with van der Waals surface area (Å²) in [5, 5.41) is 10.3. The minimum atomic E-state index is -0.825. The molecule has 0 fully saturated rings. The fourth-order valence-corrected chi connectivity index (χ4v) is 2.64. The quantitative estimate of drug-likeness (QED) is 0.669. The van der Waals surface area contributed by atoms with Gasteiger partial charge in [-0.1, -0.05) is 0 Å². The first-order valence-electron chi connectivity index (χ1n) is 7.63. The van der Waals surface area contributed by atoms with Crippen molar-refractivity contribution >= 4 is 27.9 Å². The van der Waals surface area contributed by atoms with Crippen molar-refractivity contribution in [1.29, 1.82) is 0 Å². The number of nitrogens with one attached hydrogen (secondary N) is 1. The third-order valence-electron chi connectivity index (χ3n) is 3.36. The van der Waals surface area contributed by atoms with Gasteiger partial charge in [0.15, 0.2) is 23.3 Å². The summed E-state index contributed by atoms with van der Waals surface area (Å²) < 4.78 is 21.1. The molecule has 1 aromatic carbocycles. The molecule has 0 spiro atoms. The van der Waals surface area contributed by atoms with Gasteiger partial charge in [-0.3, -0.25) is 0 Å². The van der Waals surface area contributed by atoms with E-state index in [-0.39, 0.29) is 12.3 Å². The molecule has 0 aliphatic carbocycles. The van der Waals surface area contributed by atoms with Gasteiger partial charge in [0.2, 0.25) is 0 Å². The van der Waals surface area contributed by atoms with E-state index in [0.29, 0.717) is 27.2 Å². The molecule has 9 nitrogen and oxygen atoms in total. The Morgan fingerprint density at radius 1 is 1.23 bits per heavy atom. The molecule has 0 radical (unpaired) electrons. The van der Waals surface area contributed by atoms with Crippen molar-refractivity contribution in [2.75, 3.05) is 20.8 Å². The summed E-state index contributed by atoms with van der Waals surface area (Å²) >= 11 is 3.41. The number of halogens is 1. The zero-order valence-corrected chi connectivity index (χ0v) is 16.2. The van der Waals surface area contributed by atoms with E-state index in [9.17, 15) is 9.59 Å². The number of hydrogen-bond donors (Lipinski definition) is 1. The topological polar surface area (TPSA) is 113 Å². The lowest BCUT2D eigenvalue weighted by molar-refractivity contribution is -0.147. The van der Waals surface area contributed by atoms with Crippen LogP contribution in [0.1, 0.15) is 24.3 Å². The van der Waals surface area contributed by atoms with Crippen LogP contribution in [0.2, 0.25) is 0 Å². The van der Waals surface area contributed by atoms with Gasteiger partial charge in [-0.15, -0.1) is 5.10 Å². The maximum absolute atomic E-state index is 12.0. The Balaban J connectivity index is 2.43. The lowest BCUT2D eigenvalue weighted by Crippen LogP contribution is -2.25. The van der Waals surface area contributed by atoms with Gasteiger partial charge in [-0.05, 0) is 41.9 Å². The standard InChI is InChI=1S/C16H18BrN3O6/c1-5-25-16(22)14-13(18-20-19-14)9-6-11(23-3)12(7-10(9)17)26-8(2)15(21)24-4/h6-8H,5H2,1-4H3,(H,18,19,20). The molecule has 10 heteroatoms. The fraction of sp³-hybridized carbons (Fsp3) is 0.375. The number of ether oxygens (including phenoxy) is 4. The number of aromatic amines is 1. The Hall–Kier alpha value is -2.62. The first kappa shape index (κ1) is 19.7. The van der Waals surface area contributed by atoms with Crippen molar-refractivity contribution in [3.63, 3.8) is 0 Å². The average Bonchev–Trinajstić information content (AvgIpc) is 3.11. The molecule has 0 saturated carbocycles. The SMILES string of the molecule is CCOC(=O)c1n[nH]nc1-c1cc(OC)c(OC(C)C(=O)OC)cc1Br. The van der Waals surface area contributed by atoms with Crippen LogP contribution in [0.5, 0.6) is 11.5 Å². The summed E-state index contributed by atoms with van der Waals surface area (Å²) in [6.07, 6.45) is -0.825. The number of aromatic nitrogens is 3. The van der Waals surface area contributed by atoms with Gasteiger partial charge in [0, 0.05) is 10.0 Å². The molecule has 1 N–H and O–H groups in total. The molecule has 0 bridgehead atoms. The Morgan fingerprint density at radius 3 is 2.58 bits per heavy atom. The van der Waals surface area contributed by atoms with Crippen LogP contribution in [0.15, 0.2) is 16.6 Å². The molecule has 1 atom stereocenters. The van der Waals surface area contributed by atoms with E-state index in [4.69, 9.17) is 14.2 Å². The number of methoxy groups -OCH3 is 2. The van der Waals surface area contributed by atoms with E-state index in [1.54, 1.807) is 26.0 Å². The lowest BCUT2D eigenvalue weighted by Gasteiger charge is -2.16. The maximum atomic E-state index is 12.0. The van der Waals surface area contributed by atoms with E-state index in [1.807, 2.05) is 0 Å². The van der Waals surface area contributed by atoms with Crippen LogP contribution in [-0.2, 0) is 14.3 Å². The molecule has 140 valence electrons. The number of carbonyl (C=O) groups excluding carboxylic acids is 2. The summed E-state index contributed by atoms with van der Waals surface area (Å²) in [6.45, 7) is 3.47. The number of carbonyl (C=O) groups is 2. The zero-order chi connectivity index (χ0) is 19.3. The second-order valence-corrected chi connectivity index (χ2v) is 5.86. The molecule has 0 aliphatic rings. The van der Waals surface area contributed by atoms with Gasteiger partial charge in [-0.2, -0.15) is 10.3 Å². The van der Waals surface area contributed by atoms with Crippen molar-refractivity contribution < 1.29 is 28.5 Å². The molecule has 0 aliphatic heterocycles. The summed E-state index contributed by atoms with van der Waals surface area (Å²) in [6, 6.07) is 3.22. The van der Waals surface area contributed by atoms with E-state index < -0.39 is 18.0 Å². The normalized spacial score (nSPS) is 11.6. The number of rotatable bonds is 7. The number of benzene rings is 1. The van der Waals surface area contributed by atoms with Crippen LogP contribution in [-0.4, -0.2) is 54.3 Å². The second kappa shape index (κ2) is 8.65. The summed E-state index contributed by atoms with van der Waals surface area (Å²) in [5.41, 5.74) is 0.879. The summed E-state index contributed by atoms with van der Waals surface area (Å²) in [4.78, 5) is 23.6. The van der Waals surface area contributed by atoms with Gasteiger partial charge < -0.3 is 18.9 Å². The molecule has 0 saturated heterocycles. The highest BCUT2D eigenvalue weighted by Crippen LogP contribution is 2.39. The van der Waals surface area contributed by atoms with E-state index in [2.05, 4.69) is 36.1 Å². The molecule has 1 heterocycles. The molecular formula is C16H18BrN3O6. The number of hydrogen-bond acceptors (Lipinski definition) is 8. The molecule has 26 heavy (non-hydrogen) atoms. The number of esters is 2. The van der Waals surface area contributed by atoms with Crippen LogP contribution >= 0.6 is 15.9 Å². The van der Waals surface area contributed by atoms with Gasteiger partial charge in [-0.25, -0.2) is 9.59 Å². The van der Waals surface area contributed by atoms with E-state index in [0.717, 1.165) is 0 Å². The Morgan fingerprint density at radius 2 is 1.96 bits per heavy atom. The van der Waals surface area contributed by atoms with E-state index in [1.165, 1.54) is 14.2 Å². The van der Waals surface area contributed by atoms with Crippen LogP contribution in [0, 0.1) is 0 Å². The molecule has 0 amide bonds. The summed E-state index contributed by atoms with van der Waals surface area (Å²) in [7, 11) is 2.73. The highest BCUT2D eigenvalue weighted by Gasteiger charge is 2.24. The number of H-pyrrole nitrogens is 1. The third-order valence-corrected chi connectivity index (χ3v) is 4.02. The first-order valence-corrected chi connectivity index (χ1v) is 8.42. The smallest absolute Gasteiger partial charge is 0.361 e. The van der Waals surface area contributed by atoms with Gasteiger partial charge in [0.05, 0.1) is 20.8 Å². The van der Waals surface area contributed by atoms with E-state index >= 15 is 0 Å². The predicted molar refractivity (Wildman–Crippen MR) is 94.1 cm³/mol. The largest absolute Gasteiger partial charge is 0.493 e. The van der Waals surface area contributed by atoms with Crippen molar-refractivity contribution in [2.24, 2.45) is 0 Å². The van der Waals surface area contributed by atoms with Crippen molar-refractivity contribution in [2.45, 2.75) is 20.0 Å². The van der Waals surface area contributed by atoms with Crippen molar-refractivity contribution in [1.82, 2.24) is 15.4 Å². The Kier molecular flexibility index (Phi) is 6.56. The van der Waals surface area contributed by atoms with Crippen LogP contribution in [0.3, 0.4) is 0 Å². The highest BCUT2D eigenvalue weighted by molar-refractivity contribution is 9.10. The molecular weight excluding hydrogens is 410 g/mol. The molecule has 1 aromatic heterocycles. The Bertz CT molecular complexity index is 807. The lowest BCUT2D eigenvalue weighted by atomic mass is 10.1. The van der Waals surface area contributed by atoms with Gasteiger partial charge in [0.1, 0.15) is 5.69 Å². The second-order valence-electron chi connectivity index (χ2n) is 5.01. The highest BCUT2D eigenvalue weighted by atomic mass is 79.9. The van der Waals surface area contributed by atoms with Crippen LogP contribution in [0.4, 0.5) is 0 Å². The average molecular weight is 428 g/mol. The molecule has 2 aromatic rings. The van der Waals surface area contributed by atoms with Gasteiger partial charge in [0.25, 0.3) is 0 Å². The Labute approximate surface area is 158 Å². The fourth-order valence-electron chi connectivity index (χ4n) is 2.13. The first-order chi connectivity index (χ1) is 12.4. The van der Waals surface area contributed by atoms with Crippen LogP contribution in [0.25, 0.3) is 11.3 Å². The van der Waals surface area contributed by atoms with Crippen LogP contribution < -0.4 is 9.47 Å². The minimum absolute atomic E-state index is 0.0474. The predicted octanol–water partition coefficient (Wildman–Crippen LogP) is 2.36. The van der Waals surface area contributed by atoms with Crippen molar-refractivity contribution in [3.8, 4) is 22.8 Å². The van der Waals surface area contributed by atoms with Crippen molar-refractivity contribution in [3.05, 3.63) is 22.3 Å². The summed E-state index contributed by atoms with van der Waals surface area (Å²) in [5.74, 6) is -0.450. The minimum Gasteiger partial charge on any atom is -0.493 e. The molecule has 2 rings (SSSR count). The monoisotopic (exact) mass is 427 g/mol. The maximum Gasteiger partial charge on any atom is 0.361 e. The number of nitrogens with zero attached hydrogens (tertiary/aromatic N) is 2.